The van der Waals surface area contributed by atoms with Crippen molar-refractivity contribution >= 4 is 26.6 Å². The molecule has 0 unspecified atom stereocenters. The van der Waals surface area contributed by atoms with Crippen molar-refractivity contribution in [3.63, 3.8) is 0 Å². The summed E-state index contributed by atoms with van der Waals surface area (Å²) in [5.74, 6) is -1.32. The molecule has 1 aromatic carbocycles. The van der Waals surface area contributed by atoms with Gasteiger partial charge in [-0.05, 0) is 12.1 Å². The van der Waals surface area contributed by atoms with Crippen molar-refractivity contribution in [1.29, 1.82) is 0 Å². The Hall–Kier alpha value is -3.54. The van der Waals surface area contributed by atoms with E-state index in [1.807, 2.05) is 0 Å². The molecule has 12 heteroatoms. The number of ether oxygens (including phenoxy) is 3. The number of nitrogens with zero attached hydrogens (tertiary/aromatic N) is 2. The molecule has 0 aliphatic rings. The number of nitro groups is 1. The van der Waals surface area contributed by atoms with Gasteiger partial charge in [0.1, 0.15) is 0 Å². The molecule has 0 N–H and O–H groups in total. The molecule has 0 fully saturated rings. The van der Waals surface area contributed by atoms with Crippen LogP contribution in [0.25, 0.3) is 0 Å². The third kappa shape index (κ3) is 4.89. The maximum Gasteiger partial charge on any atom is 0.311 e. The van der Waals surface area contributed by atoms with Gasteiger partial charge in [-0.2, -0.15) is 0 Å². The van der Waals surface area contributed by atoms with Gasteiger partial charge in [0.15, 0.2) is 17.2 Å². The molecule has 0 bridgehead atoms. The number of rotatable bonds is 8. The molecule has 0 spiro atoms. The molecule has 0 radical (unpaired) electrons. The Kier molecular flexibility index (Phi) is 7.06. The quantitative estimate of drug-likeness (QED) is 0.259. The van der Waals surface area contributed by atoms with Crippen LogP contribution in [0.4, 0.5) is 5.69 Å². The van der Waals surface area contributed by atoms with Crippen molar-refractivity contribution in [3.05, 3.63) is 52.3 Å². The number of carbonyl (C=O) groups is 2. The lowest BCUT2D eigenvalue weighted by atomic mass is 10.2. The molecule has 1 aromatic heterocycles. The van der Waals surface area contributed by atoms with Gasteiger partial charge in [0.25, 0.3) is 5.69 Å². The van der Waals surface area contributed by atoms with Crippen molar-refractivity contribution in [1.82, 2.24) is 4.98 Å². The smallest absolute Gasteiger partial charge is 0.311 e. The second-order valence-electron chi connectivity index (χ2n) is 6.11. The third-order valence-corrected chi connectivity index (χ3v) is 5.33. The largest absolute Gasteiger partial charge is 0.493 e. The van der Waals surface area contributed by atoms with Gasteiger partial charge < -0.3 is 14.2 Å². The molecule has 0 amide bonds. The topological polar surface area (TPSA) is 152 Å². The van der Waals surface area contributed by atoms with Gasteiger partial charge in [-0.1, -0.05) is 13.8 Å². The molecule has 160 valence electrons. The summed E-state index contributed by atoms with van der Waals surface area (Å²) in [5.41, 5.74) is -0.926. The molecule has 0 atom stereocenters. The fraction of sp³-hybridized carbons (Fsp3) is 0.278. The van der Waals surface area contributed by atoms with Gasteiger partial charge in [-0.3, -0.25) is 19.7 Å². The Balaban J connectivity index is 2.38. The van der Waals surface area contributed by atoms with E-state index in [9.17, 15) is 28.1 Å². The highest BCUT2D eigenvalue weighted by Gasteiger charge is 2.32. The van der Waals surface area contributed by atoms with E-state index in [1.54, 1.807) is 13.8 Å². The van der Waals surface area contributed by atoms with Gasteiger partial charge >= 0.3 is 11.1 Å². The molecule has 2 aromatic rings. The predicted molar refractivity (Wildman–Crippen MR) is 102 cm³/mol. The number of benzene rings is 1. The van der Waals surface area contributed by atoms with E-state index in [0.29, 0.717) is 0 Å². The summed E-state index contributed by atoms with van der Waals surface area (Å²) in [6, 6.07) is 5.13. The first-order chi connectivity index (χ1) is 14.1. The third-order valence-electron chi connectivity index (χ3n) is 3.76. The lowest BCUT2D eigenvalue weighted by molar-refractivity contribution is -0.384. The zero-order valence-corrected chi connectivity index (χ0v) is 17.0. The molecule has 30 heavy (non-hydrogen) atoms. The number of esters is 1. The normalized spacial score (nSPS) is 11.1. The van der Waals surface area contributed by atoms with Crippen LogP contribution in [0.1, 0.15) is 24.3 Å². The Labute approximate surface area is 171 Å². The van der Waals surface area contributed by atoms with Crippen LogP contribution in [0.3, 0.4) is 0 Å². The summed E-state index contributed by atoms with van der Waals surface area (Å²) < 4.78 is 40.6. The Morgan fingerprint density at radius 2 is 1.80 bits per heavy atom. The first kappa shape index (κ1) is 22.7. The van der Waals surface area contributed by atoms with Crippen LogP contribution >= 0.6 is 0 Å². The molecule has 1 heterocycles. The number of sulfone groups is 1. The molecular formula is C18H18N2O9S. The van der Waals surface area contributed by atoms with Crippen LogP contribution in [0.5, 0.6) is 11.5 Å². The van der Waals surface area contributed by atoms with E-state index >= 15 is 0 Å². The maximum absolute atomic E-state index is 12.8. The monoisotopic (exact) mass is 438 g/mol. The average Bonchev–Trinajstić information content (AvgIpc) is 2.72. The van der Waals surface area contributed by atoms with E-state index in [0.717, 1.165) is 30.5 Å². The van der Waals surface area contributed by atoms with Gasteiger partial charge in [-0.15, -0.1) is 0 Å². The van der Waals surface area contributed by atoms with Crippen LogP contribution < -0.4 is 9.47 Å². The van der Waals surface area contributed by atoms with Crippen molar-refractivity contribution < 1.29 is 37.1 Å². The van der Waals surface area contributed by atoms with Gasteiger partial charge in [0.05, 0.1) is 22.8 Å². The minimum Gasteiger partial charge on any atom is -0.493 e. The van der Waals surface area contributed by atoms with E-state index in [4.69, 9.17) is 14.2 Å². The van der Waals surface area contributed by atoms with Crippen LogP contribution in [-0.4, -0.2) is 43.3 Å². The first-order valence-electron chi connectivity index (χ1n) is 8.46. The number of nitro benzene ring substituents is 1. The second-order valence-corrected chi connectivity index (χ2v) is 7.96. The Morgan fingerprint density at radius 3 is 2.33 bits per heavy atom. The average molecular weight is 438 g/mol. The second kappa shape index (κ2) is 9.31. The number of aromatic nitrogens is 1. The molecule has 2 rings (SSSR count). The minimum atomic E-state index is -4.60. The van der Waals surface area contributed by atoms with E-state index in [2.05, 4.69) is 4.98 Å². The van der Waals surface area contributed by atoms with Crippen LogP contribution in [0.2, 0.25) is 0 Å². The molecule has 0 aliphatic heterocycles. The predicted octanol–water partition coefficient (Wildman–Crippen LogP) is 2.15. The number of carbonyl (C=O) groups excluding carboxylic acids is 2. The minimum absolute atomic E-state index is 0.00662. The Morgan fingerprint density at radius 1 is 1.17 bits per heavy atom. The standard InChI is InChI=1S/C18H18N2O9S/c1-11(2)17(21)29-10-28-16-14(27-3)8-9-19-15(16)18(22)30(25,26)13-6-4-12(5-7-13)20(23)24/h4-9,11H,10H2,1-3H3. The zero-order chi connectivity index (χ0) is 22.5. The molecule has 11 nitrogen and oxygen atoms in total. The highest BCUT2D eigenvalue weighted by molar-refractivity contribution is 8.06. The summed E-state index contributed by atoms with van der Waals surface area (Å²) in [7, 11) is -3.34. The highest BCUT2D eigenvalue weighted by Crippen LogP contribution is 2.32. The van der Waals surface area contributed by atoms with Crippen LogP contribution in [-0.2, 0) is 19.4 Å². The van der Waals surface area contributed by atoms with Gasteiger partial charge in [0.2, 0.25) is 16.6 Å². The van der Waals surface area contributed by atoms with E-state index in [-0.39, 0.29) is 17.2 Å². The fourth-order valence-electron chi connectivity index (χ4n) is 2.17. The summed E-state index contributed by atoms with van der Waals surface area (Å²) in [6.45, 7) is 2.62. The lowest BCUT2D eigenvalue weighted by Gasteiger charge is -2.14. The molecule has 0 saturated carbocycles. The number of pyridine rings is 1. The highest BCUT2D eigenvalue weighted by atomic mass is 32.2. The van der Waals surface area contributed by atoms with Crippen molar-refractivity contribution in [3.8, 4) is 11.5 Å². The van der Waals surface area contributed by atoms with Gasteiger partial charge in [0, 0.05) is 24.4 Å². The van der Waals surface area contributed by atoms with E-state index in [1.165, 1.54) is 13.2 Å². The van der Waals surface area contributed by atoms with Gasteiger partial charge in [-0.25, -0.2) is 13.4 Å². The summed E-state index contributed by atoms with van der Waals surface area (Å²) in [5, 5.41) is 9.32. The number of hydrogen-bond donors (Lipinski definition) is 0. The lowest BCUT2D eigenvalue weighted by Crippen LogP contribution is -2.20. The molecule has 0 saturated heterocycles. The molecular weight excluding hydrogens is 420 g/mol. The number of methoxy groups -OCH3 is 1. The summed E-state index contributed by atoms with van der Waals surface area (Å²) >= 11 is 0. The molecule has 0 aliphatic carbocycles. The Bertz CT molecular complexity index is 1060. The summed E-state index contributed by atoms with van der Waals surface area (Å²) in [4.78, 5) is 37.7. The zero-order valence-electron chi connectivity index (χ0n) is 16.2. The number of non-ortho nitro benzene ring substituents is 1. The maximum atomic E-state index is 12.8. The SMILES string of the molecule is COc1ccnc(C(=O)S(=O)(=O)c2ccc([N+](=O)[O-])cc2)c1OCOC(=O)C(C)C. The number of hydrogen-bond acceptors (Lipinski definition) is 10. The van der Waals surface area contributed by atoms with E-state index < -0.39 is 49.1 Å². The van der Waals surface area contributed by atoms with Crippen molar-refractivity contribution in [2.24, 2.45) is 5.92 Å². The fourth-order valence-corrected chi connectivity index (χ4v) is 3.28. The van der Waals surface area contributed by atoms with Crippen molar-refractivity contribution in [2.45, 2.75) is 18.7 Å². The van der Waals surface area contributed by atoms with Crippen molar-refractivity contribution in [2.75, 3.05) is 13.9 Å². The van der Waals surface area contributed by atoms with Crippen LogP contribution in [0.15, 0.2) is 41.4 Å². The first-order valence-corrected chi connectivity index (χ1v) is 9.94. The van der Waals surface area contributed by atoms with Crippen LogP contribution in [0, 0.1) is 16.0 Å². The summed E-state index contributed by atoms with van der Waals surface area (Å²) in [6.07, 6.45) is 1.14.